The highest BCUT2D eigenvalue weighted by molar-refractivity contribution is 6.02. The highest BCUT2D eigenvalue weighted by Gasteiger charge is 2.40. The van der Waals surface area contributed by atoms with E-state index in [-0.39, 0.29) is 31.6 Å². The number of carbonyl (C=O) groups excluding carboxylic acids is 16. The van der Waals surface area contributed by atoms with E-state index in [1.807, 2.05) is 10.6 Å². The number of aliphatic carboxylic acids is 5. The summed E-state index contributed by atoms with van der Waals surface area (Å²) in [6.45, 7) is 11.2. The molecule has 0 unspecified atom stereocenters. The van der Waals surface area contributed by atoms with Crippen LogP contribution in [0.25, 0.3) is 10.9 Å². The molecule has 4 aromatic rings. The van der Waals surface area contributed by atoms with Crippen molar-refractivity contribution in [2.75, 3.05) is 6.61 Å². The number of carbonyl (C=O) groups is 21. The van der Waals surface area contributed by atoms with Crippen LogP contribution in [0.15, 0.2) is 91.1 Å². The fourth-order valence-electron chi connectivity index (χ4n) is 12.5. The lowest BCUT2D eigenvalue weighted by molar-refractivity contribution is -0.143. The van der Waals surface area contributed by atoms with Gasteiger partial charge in [-0.1, -0.05) is 107 Å². The van der Waals surface area contributed by atoms with Crippen molar-refractivity contribution in [1.82, 2.24) is 84.7 Å². The number of fused-ring (bicyclic) bond motifs is 1. The van der Waals surface area contributed by atoms with Crippen LogP contribution < -0.4 is 85.5 Å². The van der Waals surface area contributed by atoms with E-state index in [0.29, 0.717) is 27.6 Å². The van der Waals surface area contributed by atoms with Crippen molar-refractivity contribution in [3.8, 4) is 0 Å². The number of amides is 16. The molecule has 45 heteroatoms. The number of benzene rings is 3. The Kier molecular flexibility index (Phi) is 42.4. The van der Waals surface area contributed by atoms with Crippen LogP contribution in [-0.2, 0) is 120 Å². The maximum absolute atomic E-state index is 15.1. The third-order valence-corrected chi connectivity index (χ3v) is 19.1. The first-order valence-electron chi connectivity index (χ1n) is 40.0. The third kappa shape index (κ3) is 36.2. The first kappa shape index (κ1) is 104. The molecule has 0 saturated heterocycles. The number of aliphatic hydroxyl groups is 2. The van der Waals surface area contributed by atoms with Crippen LogP contribution in [0.1, 0.15) is 137 Å². The number of H-pyrrole nitrogens is 1. The van der Waals surface area contributed by atoms with Gasteiger partial charge >= 0.3 is 29.8 Å². The molecule has 0 aliphatic carbocycles. The van der Waals surface area contributed by atoms with Gasteiger partial charge in [0, 0.05) is 56.1 Å². The number of carboxylic acid groups (broad SMARTS) is 5. The number of aromatic amines is 1. The molecular formula is C81H111N17O28. The second-order valence-corrected chi connectivity index (χ2v) is 30.7. The Hall–Kier alpha value is -14.0. The van der Waals surface area contributed by atoms with E-state index in [9.17, 15) is 132 Å². The monoisotopic (exact) mass is 1770 g/mol. The van der Waals surface area contributed by atoms with E-state index in [2.05, 4.69) is 74.1 Å². The second-order valence-electron chi connectivity index (χ2n) is 30.7. The van der Waals surface area contributed by atoms with Gasteiger partial charge in [-0.25, -0.2) is 0 Å². The summed E-state index contributed by atoms with van der Waals surface area (Å²) in [5, 5.41) is 105. The summed E-state index contributed by atoms with van der Waals surface area (Å²) in [5.41, 5.74) is 7.04. The smallest absolute Gasteiger partial charge is 0.305 e. The Morgan fingerprint density at radius 1 is 0.333 bits per heavy atom. The minimum absolute atomic E-state index is 0.00284. The molecule has 1 heterocycles. The number of hydrogen-bond donors (Lipinski definition) is 24. The van der Waals surface area contributed by atoms with Crippen molar-refractivity contribution in [2.45, 2.75) is 236 Å². The lowest BCUT2D eigenvalue weighted by Crippen LogP contribution is -2.62. The van der Waals surface area contributed by atoms with Gasteiger partial charge in [0.15, 0.2) is 0 Å². The van der Waals surface area contributed by atoms with Crippen molar-refractivity contribution in [3.05, 3.63) is 108 Å². The van der Waals surface area contributed by atoms with Crippen LogP contribution in [0, 0.1) is 11.8 Å². The highest BCUT2D eigenvalue weighted by Crippen LogP contribution is 2.21. The molecule has 0 aliphatic heterocycles. The predicted molar refractivity (Wildman–Crippen MR) is 441 cm³/mol. The Morgan fingerprint density at radius 3 is 1.02 bits per heavy atom. The average Bonchev–Trinajstić information content (AvgIpc) is 1.65. The van der Waals surface area contributed by atoms with E-state index in [1.54, 1.807) is 98.8 Å². The van der Waals surface area contributed by atoms with E-state index >= 15 is 4.79 Å². The molecular weight excluding hydrogens is 1660 g/mol. The minimum Gasteiger partial charge on any atom is -0.481 e. The number of aliphatic hydroxyl groups excluding tert-OH is 2. The molecule has 0 bridgehead atoms. The molecule has 16 atom stereocenters. The van der Waals surface area contributed by atoms with Gasteiger partial charge in [-0.3, -0.25) is 101 Å². The molecule has 1 aromatic heterocycles. The van der Waals surface area contributed by atoms with Crippen LogP contribution in [0.5, 0.6) is 0 Å². The van der Waals surface area contributed by atoms with Crippen LogP contribution in [0.3, 0.4) is 0 Å². The lowest BCUT2D eigenvalue weighted by Gasteiger charge is -2.28. The van der Waals surface area contributed by atoms with Gasteiger partial charge in [-0.2, -0.15) is 0 Å². The summed E-state index contributed by atoms with van der Waals surface area (Å²) < 4.78 is 0. The summed E-state index contributed by atoms with van der Waals surface area (Å²) >= 11 is 0. The van der Waals surface area contributed by atoms with Crippen molar-refractivity contribution in [3.63, 3.8) is 0 Å². The number of nitrogens with two attached hydrogens (primary N) is 1. The molecule has 126 heavy (non-hydrogen) atoms. The molecule has 0 saturated carbocycles. The zero-order valence-electron chi connectivity index (χ0n) is 70.5. The molecule has 16 amide bonds. The molecule has 4 rings (SSSR count). The third-order valence-electron chi connectivity index (χ3n) is 19.1. The standard InChI is InChI=1S/C81H111N17O28/c1-38(2)28-52(73(118)84-41(6)70(115)97-60(37-99)67(82)112)90-68(113)40(5)85-74(119)54(30-45-18-12-10-13-19-45)93-76(121)56(32-47-36-83-49-23-17-16-22-48(47)49)95-72(117)51(25-27-62(104)105)88-71(116)50(24-26-61(102)103)89-75(120)53(29-39(3)4)92-79(124)59(35-65(110)111)96-78(123)58(34-64(108)109)91-69(114)42(7)86-81(126)66(43(8)100)98-80(125)55(31-46-20-14-11-15-21-46)94-77(122)57(33-63(106)107)87-44(9)101/h10-23,36,38-43,50-60,66,83,99-100H,24-35,37H2,1-9H3,(H2,82,112)(H,84,118)(H,85,119)(H,86,126)(H,87,101)(H,88,116)(H,89,120)(H,90,113)(H,91,114)(H,92,124)(H,93,121)(H,94,122)(H,95,117)(H,96,123)(H,97,115)(H,98,125)(H,102,103)(H,104,105)(H,106,107)(H,108,109)(H,110,111)/t40-,41-,42-,43+,50-,51-,52-,53-,54-,55-,56-,57-,58-,59-,60-,66-/m0/s1. The number of rotatable bonds is 54. The summed E-state index contributed by atoms with van der Waals surface area (Å²) in [5.74, 6) is -27.5. The van der Waals surface area contributed by atoms with Gasteiger partial charge in [0.1, 0.15) is 90.6 Å². The molecule has 0 aliphatic rings. The maximum Gasteiger partial charge on any atom is 0.305 e. The fraction of sp³-hybridized carbons (Fsp3) is 0.494. The molecule has 25 N–H and O–H groups in total. The van der Waals surface area contributed by atoms with Crippen LogP contribution in [-0.4, -0.2) is 268 Å². The zero-order valence-corrected chi connectivity index (χ0v) is 70.5. The number of nitrogens with one attached hydrogen (secondary N) is 16. The molecule has 0 radical (unpaired) electrons. The molecule has 0 fully saturated rings. The SMILES string of the molecule is CC(=O)N[C@@H](CC(=O)O)C(=O)N[C@@H](Cc1ccccc1)C(=O)N[C@H](C(=O)N[C@@H](C)C(=O)N[C@@H](CC(=O)O)C(=O)N[C@@H](CC(=O)O)C(=O)N[C@@H](CC(C)C)C(=O)N[C@@H](CCC(=O)O)C(=O)N[C@@H](CCC(=O)O)C(=O)N[C@@H](Cc1c[nH]c2ccccc12)C(=O)N[C@@H](Cc1ccccc1)C(=O)N[C@@H](C)C(=O)N[C@@H](CC(C)C)C(=O)N[C@@H](C)C(=O)N[C@@H](CO)C(N)=O)[C@@H](C)O. The topological polar surface area (TPSA) is 722 Å². The fourth-order valence-corrected chi connectivity index (χ4v) is 12.5. The van der Waals surface area contributed by atoms with Crippen molar-refractivity contribution >= 4 is 135 Å². The van der Waals surface area contributed by atoms with Crippen molar-refractivity contribution in [2.24, 2.45) is 17.6 Å². The maximum atomic E-state index is 15.1. The van der Waals surface area contributed by atoms with Crippen molar-refractivity contribution in [1.29, 1.82) is 0 Å². The molecule has 45 nitrogen and oxygen atoms in total. The van der Waals surface area contributed by atoms with Gasteiger partial charge in [0.05, 0.1) is 32.0 Å². The Labute approximate surface area is 721 Å². The normalized spacial score (nSPS) is 14.9. The predicted octanol–water partition coefficient (Wildman–Crippen LogP) is -5.35. The van der Waals surface area contributed by atoms with E-state index in [1.165, 1.54) is 33.9 Å². The Balaban J connectivity index is 1.62. The van der Waals surface area contributed by atoms with E-state index in [4.69, 9.17) is 5.73 Å². The summed E-state index contributed by atoms with van der Waals surface area (Å²) in [7, 11) is 0. The number of primary amides is 1. The van der Waals surface area contributed by atoms with Crippen LogP contribution in [0.4, 0.5) is 0 Å². The van der Waals surface area contributed by atoms with Gasteiger partial charge in [0.2, 0.25) is 94.5 Å². The highest BCUT2D eigenvalue weighted by atomic mass is 16.4. The van der Waals surface area contributed by atoms with Gasteiger partial charge < -0.3 is 126 Å². The second kappa shape index (κ2) is 51.2. The number of aromatic nitrogens is 1. The number of para-hydroxylation sites is 1. The van der Waals surface area contributed by atoms with Gasteiger partial charge in [-0.15, -0.1) is 0 Å². The molecule has 3 aromatic carbocycles. The summed E-state index contributed by atoms with van der Waals surface area (Å²) in [4.78, 5) is 285. The molecule has 688 valence electrons. The van der Waals surface area contributed by atoms with Crippen LogP contribution >= 0.6 is 0 Å². The van der Waals surface area contributed by atoms with Gasteiger partial charge in [0.25, 0.3) is 0 Å². The van der Waals surface area contributed by atoms with Crippen LogP contribution in [0.2, 0.25) is 0 Å². The van der Waals surface area contributed by atoms with Crippen molar-refractivity contribution < 1.29 is 136 Å². The Morgan fingerprint density at radius 2 is 0.635 bits per heavy atom. The van der Waals surface area contributed by atoms with Gasteiger partial charge in [-0.05, 0) is 88.0 Å². The first-order chi connectivity index (χ1) is 59.2. The quantitative estimate of drug-likeness (QED) is 0.0196. The number of hydrogen-bond acceptors (Lipinski definition) is 23. The number of carboxylic acids is 5. The average molecular weight is 1770 g/mol. The summed E-state index contributed by atoms with van der Waals surface area (Å²) in [6.07, 6.45) is -8.55. The largest absolute Gasteiger partial charge is 0.481 e. The minimum atomic E-state index is -2.25. The van der Waals surface area contributed by atoms with E-state index < -0.39 is 285 Å². The lowest BCUT2D eigenvalue weighted by atomic mass is 10.0. The zero-order chi connectivity index (χ0) is 94.5. The summed E-state index contributed by atoms with van der Waals surface area (Å²) in [6, 6.07) is -3.66. The van der Waals surface area contributed by atoms with E-state index in [0.717, 1.165) is 20.8 Å². The molecule has 0 spiro atoms. The Bertz CT molecular complexity index is 4550. The first-order valence-corrected chi connectivity index (χ1v) is 40.0.